The Morgan fingerprint density at radius 3 is 2.62 bits per heavy atom. The molecule has 1 saturated heterocycles. The van der Waals surface area contributed by atoms with Crippen LogP contribution in [0.5, 0.6) is 5.75 Å². The van der Waals surface area contributed by atoms with Crippen LogP contribution < -0.4 is 10.1 Å². The second-order valence-corrected chi connectivity index (χ2v) is 7.11. The van der Waals surface area contributed by atoms with Gasteiger partial charge < -0.3 is 20.1 Å². The standard InChI is InChI=1S/C19H28N2O3/c1-13(22)12-16-4-3-11-21(16)19(23)20-18(14-5-6-14)15-7-9-17(24-2)10-8-15/h7-10,13-14,16,18,22H,3-6,11-12H2,1-2H3,(H,20,23). The smallest absolute Gasteiger partial charge is 0.318 e. The van der Waals surface area contributed by atoms with Gasteiger partial charge in [0.1, 0.15) is 5.75 Å². The molecule has 132 valence electrons. The zero-order chi connectivity index (χ0) is 17.1. The Labute approximate surface area is 144 Å². The van der Waals surface area contributed by atoms with Gasteiger partial charge in [0.15, 0.2) is 0 Å². The van der Waals surface area contributed by atoms with Gasteiger partial charge in [-0.05, 0) is 62.6 Å². The normalized spacial score (nSPS) is 23.0. The lowest BCUT2D eigenvalue weighted by Gasteiger charge is -2.29. The van der Waals surface area contributed by atoms with Crippen molar-refractivity contribution in [3.05, 3.63) is 29.8 Å². The number of ether oxygens (including phenoxy) is 1. The molecule has 1 aliphatic carbocycles. The fourth-order valence-corrected chi connectivity index (χ4v) is 3.67. The van der Waals surface area contributed by atoms with E-state index in [0.717, 1.165) is 43.5 Å². The summed E-state index contributed by atoms with van der Waals surface area (Å²) in [5, 5.41) is 12.9. The molecular weight excluding hydrogens is 304 g/mol. The predicted octanol–water partition coefficient (Wildman–Crippen LogP) is 3.09. The molecule has 1 saturated carbocycles. The van der Waals surface area contributed by atoms with E-state index in [0.29, 0.717) is 12.3 Å². The number of hydrogen-bond acceptors (Lipinski definition) is 3. The highest BCUT2D eigenvalue weighted by atomic mass is 16.5. The van der Waals surface area contributed by atoms with Gasteiger partial charge in [0.25, 0.3) is 0 Å². The lowest BCUT2D eigenvalue weighted by atomic mass is 10.0. The maximum absolute atomic E-state index is 12.8. The average molecular weight is 332 g/mol. The first-order chi connectivity index (χ1) is 11.6. The Morgan fingerprint density at radius 2 is 2.04 bits per heavy atom. The van der Waals surface area contributed by atoms with Crippen LogP contribution in [0.4, 0.5) is 4.79 Å². The van der Waals surface area contributed by atoms with Gasteiger partial charge in [-0.3, -0.25) is 0 Å². The number of carbonyl (C=O) groups excluding carboxylic acids is 1. The molecule has 0 spiro atoms. The first-order valence-corrected chi connectivity index (χ1v) is 8.97. The van der Waals surface area contributed by atoms with Crippen LogP contribution in [0.15, 0.2) is 24.3 Å². The minimum Gasteiger partial charge on any atom is -0.497 e. The van der Waals surface area contributed by atoms with Crippen molar-refractivity contribution in [2.75, 3.05) is 13.7 Å². The van der Waals surface area contributed by atoms with E-state index in [1.165, 1.54) is 0 Å². The molecule has 3 unspecified atom stereocenters. The van der Waals surface area contributed by atoms with Gasteiger partial charge >= 0.3 is 6.03 Å². The number of hydrogen-bond donors (Lipinski definition) is 2. The lowest BCUT2D eigenvalue weighted by molar-refractivity contribution is 0.136. The molecule has 1 aliphatic heterocycles. The molecule has 3 atom stereocenters. The molecule has 1 heterocycles. The van der Waals surface area contributed by atoms with E-state index in [2.05, 4.69) is 5.32 Å². The molecule has 0 radical (unpaired) electrons. The summed E-state index contributed by atoms with van der Waals surface area (Å²) in [7, 11) is 1.66. The number of nitrogens with one attached hydrogen (secondary N) is 1. The van der Waals surface area contributed by atoms with Crippen molar-refractivity contribution in [3.8, 4) is 5.75 Å². The van der Waals surface area contributed by atoms with E-state index in [4.69, 9.17) is 4.74 Å². The molecule has 2 amide bonds. The molecule has 2 N–H and O–H groups in total. The number of aliphatic hydroxyl groups is 1. The van der Waals surface area contributed by atoms with Crippen LogP contribution in [0, 0.1) is 5.92 Å². The van der Waals surface area contributed by atoms with Crippen LogP contribution in [0.25, 0.3) is 0 Å². The van der Waals surface area contributed by atoms with E-state index in [1.54, 1.807) is 14.0 Å². The molecule has 24 heavy (non-hydrogen) atoms. The fourth-order valence-electron chi connectivity index (χ4n) is 3.67. The van der Waals surface area contributed by atoms with Crippen molar-refractivity contribution < 1.29 is 14.6 Å². The Balaban J connectivity index is 1.67. The fraction of sp³-hybridized carbons (Fsp3) is 0.632. The van der Waals surface area contributed by atoms with E-state index in [-0.39, 0.29) is 24.2 Å². The van der Waals surface area contributed by atoms with Crippen molar-refractivity contribution >= 4 is 6.03 Å². The van der Waals surface area contributed by atoms with Gasteiger partial charge in [0.05, 0.1) is 19.3 Å². The molecular formula is C19H28N2O3. The van der Waals surface area contributed by atoms with Crippen molar-refractivity contribution in [1.82, 2.24) is 10.2 Å². The zero-order valence-corrected chi connectivity index (χ0v) is 14.6. The number of nitrogens with zero attached hydrogens (tertiary/aromatic N) is 1. The van der Waals surface area contributed by atoms with Gasteiger partial charge in [-0.2, -0.15) is 0 Å². The molecule has 2 fully saturated rings. The van der Waals surface area contributed by atoms with Crippen molar-refractivity contribution in [2.24, 2.45) is 5.92 Å². The number of amides is 2. The Morgan fingerprint density at radius 1 is 1.33 bits per heavy atom. The minimum absolute atomic E-state index is 0.00543. The monoisotopic (exact) mass is 332 g/mol. The third-order valence-electron chi connectivity index (χ3n) is 5.10. The highest BCUT2D eigenvalue weighted by Gasteiger charge is 2.36. The summed E-state index contributed by atoms with van der Waals surface area (Å²) in [6.45, 7) is 2.57. The summed E-state index contributed by atoms with van der Waals surface area (Å²) in [4.78, 5) is 14.7. The van der Waals surface area contributed by atoms with Gasteiger partial charge in [0, 0.05) is 12.6 Å². The quantitative estimate of drug-likeness (QED) is 0.841. The van der Waals surface area contributed by atoms with Crippen LogP contribution in [-0.2, 0) is 0 Å². The molecule has 3 rings (SSSR count). The third-order valence-corrected chi connectivity index (χ3v) is 5.10. The zero-order valence-electron chi connectivity index (χ0n) is 14.6. The van der Waals surface area contributed by atoms with E-state index < -0.39 is 0 Å². The summed E-state index contributed by atoms with van der Waals surface area (Å²) in [6, 6.07) is 8.20. The number of carbonyl (C=O) groups is 1. The Kier molecular flexibility index (Phi) is 5.29. The summed E-state index contributed by atoms with van der Waals surface area (Å²) >= 11 is 0. The topological polar surface area (TPSA) is 61.8 Å². The summed E-state index contributed by atoms with van der Waals surface area (Å²) < 4.78 is 5.22. The summed E-state index contributed by atoms with van der Waals surface area (Å²) in [5.41, 5.74) is 1.14. The van der Waals surface area contributed by atoms with Gasteiger partial charge in [-0.1, -0.05) is 12.1 Å². The van der Waals surface area contributed by atoms with E-state index in [1.807, 2.05) is 29.2 Å². The van der Waals surface area contributed by atoms with Crippen molar-refractivity contribution in [3.63, 3.8) is 0 Å². The number of benzene rings is 1. The SMILES string of the molecule is COc1ccc(C(NC(=O)N2CCCC2CC(C)O)C2CC2)cc1. The van der Waals surface area contributed by atoms with Crippen LogP contribution in [0.2, 0.25) is 0 Å². The molecule has 0 bridgehead atoms. The van der Waals surface area contributed by atoms with Crippen LogP contribution in [0.3, 0.4) is 0 Å². The molecule has 1 aromatic rings. The van der Waals surface area contributed by atoms with Crippen LogP contribution >= 0.6 is 0 Å². The molecule has 5 nitrogen and oxygen atoms in total. The van der Waals surface area contributed by atoms with Crippen molar-refractivity contribution in [2.45, 2.75) is 57.2 Å². The first-order valence-electron chi connectivity index (χ1n) is 8.97. The number of aliphatic hydroxyl groups excluding tert-OH is 1. The predicted molar refractivity (Wildman–Crippen MR) is 93.0 cm³/mol. The van der Waals surface area contributed by atoms with Crippen LogP contribution in [0.1, 0.15) is 50.6 Å². The highest BCUT2D eigenvalue weighted by molar-refractivity contribution is 5.75. The molecule has 1 aromatic carbocycles. The second-order valence-electron chi connectivity index (χ2n) is 7.11. The van der Waals surface area contributed by atoms with E-state index >= 15 is 0 Å². The van der Waals surface area contributed by atoms with Crippen molar-refractivity contribution in [1.29, 1.82) is 0 Å². The van der Waals surface area contributed by atoms with E-state index in [9.17, 15) is 9.90 Å². The molecule has 0 aromatic heterocycles. The highest BCUT2D eigenvalue weighted by Crippen LogP contribution is 2.41. The largest absolute Gasteiger partial charge is 0.497 e. The number of urea groups is 1. The third kappa shape index (κ3) is 4.01. The summed E-state index contributed by atoms with van der Waals surface area (Å²) in [5.74, 6) is 1.36. The molecule has 5 heteroatoms. The number of methoxy groups -OCH3 is 1. The minimum atomic E-state index is -0.371. The lowest BCUT2D eigenvalue weighted by Crippen LogP contribution is -2.45. The number of likely N-dealkylation sites (tertiary alicyclic amines) is 1. The average Bonchev–Trinajstić information content (AvgIpc) is 3.31. The maximum atomic E-state index is 12.8. The van der Waals surface area contributed by atoms with Gasteiger partial charge in [-0.25, -0.2) is 4.79 Å². The molecule has 2 aliphatic rings. The van der Waals surface area contributed by atoms with Crippen LogP contribution in [-0.4, -0.2) is 41.8 Å². The number of rotatable bonds is 6. The Bertz CT molecular complexity index is 554. The maximum Gasteiger partial charge on any atom is 0.318 e. The summed E-state index contributed by atoms with van der Waals surface area (Å²) in [6.07, 6.45) is 4.60. The van der Waals surface area contributed by atoms with Gasteiger partial charge in [0.2, 0.25) is 0 Å². The Hall–Kier alpha value is -1.75. The van der Waals surface area contributed by atoms with Gasteiger partial charge in [-0.15, -0.1) is 0 Å². The second kappa shape index (κ2) is 7.43. The first kappa shape index (κ1) is 17.1.